The van der Waals surface area contributed by atoms with Crippen LogP contribution in [0.15, 0.2) is 30.5 Å². The topological polar surface area (TPSA) is 46.0 Å². The van der Waals surface area contributed by atoms with Gasteiger partial charge in [0.15, 0.2) is 5.82 Å². The van der Waals surface area contributed by atoms with Crippen LogP contribution in [0, 0.1) is 13.8 Å². The van der Waals surface area contributed by atoms with E-state index < -0.39 is 5.60 Å². The van der Waals surface area contributed by atoms with Crippen LogP contribution in [0.4, 0.5) is 0 Å². The highest BCUT2D eigenvalue weighted by molar-refractivity contribution is 5.64. The van der Waals surface area contributed by atoms with E-state index in [1.807, 2.05) is 6.07 Å². The SMILES string of the molecule is Cc1ccc(C)c(-c2ccnc(C(C)(C)O)n2)c1. The summed E-state index contributed by atoms with van der Waals surface area (Å²) in [5, 5.41) is 9.96. The molecule has 2 rings (SSSR count). The van der Waals surface area contributed by atoms with Crippen LogP contribution in [-0.4, -0.2) is 15.1 Å². The number of aryl methyl sites for hydroxylation is 2. The van der Waals surface area contributed by atoms with Crippen LogP contribution in [0.5, 0.6) is 0 Å². The van der Waals surface area contributed by atoms with Gasteiger partial charge in [0.1, 0.15) is 5.60 Å². The fourth-order valence-electron chi connectivity index (χ4n) is 1.82. The molecular formula is C15H18N2O. The molecule has 1 heterocycles. The highest BCUT2D eigenvalue weighted by Gasteiger charge is 2.20. The fourth-order valence-corrected chi connectivity index (χ4v) is 1.82. The van der Waals surface area contributed by atoms with Crippen molar-refractivity contribution in [1.29, 1.82) is 0 Å². The Morgan fingerprint density at radius 1 is 1.11 bits per heavy atom. The van der Waals surface area contributed by atoms with E-state index in [2.05, 4.69) is 42.0 Å². The Balaban J connectivity index is 2.55. The van der Waals surface area contributed by atoms with Gasteiger partial charge in [-0.05, 0) is 45.4 Å². The van der Waals surface area contributed by atoms with E-state index in [0.717, 1.165) is 11.3 Å². The highest BCUT2D eigenvalue weighted by atomic mass is 16.3. The molecule has 0 fully saturated rings. The smallest absolute Gasteiger partial charge is 0.159 e. The van der Waals surface area contributed by atoms with Gasteiger partial charge in [-0.2, -0.15) is 0 Å². The molecule has 0 aliphatic carbocycles. The molecule has 1 N–H and O–H groups in total. The molecule has 0 amide bonds. The van der Waals surface area contributed by atoms with Crippen molar-refractivity contribution >= 4 is 0 Å². The maximum Gasteiger partial charge on any atom is 0.159 e. The van der Waals surface area contributed by atoms with Gasteiger partial charge in [0.2, 0.25) is 0 Å². The summed E-state index contributed by atoms with van der Waals surface area (Å²) in [5.74, 6) is 0.445. The van der Waals surface area contributed by atoms with Gasteiger partial charge in [0.05, 0.1) is 5.69 Å². The van der Waals surface area contributed by atoms with Gasteiger partial charge in [0.25, 0.3) is 0 Å². The molecule has 0 saturated carbocycles. The first-order valence-electron chi connectivity index (χ1n) is 6.01. The van der Waals surface area contributed by atoms with E-state index >= 15 is 0 Å². The molecule has 0 aliphatic heterocycles. The lowest BCUT2D eigenvalue weighted by Crippen LogP contribution is -2.19. The molecule has 3 nitrogen and oxygen atoms in total. The van der Waals surface area contributed by atoms with Gasteiger partial charge < -0.3 is 5.11 Å². The number of rotatable bonds is 2. The highest BCUT2D eigenvalue weighted by Crippen LogP contribution is 2.24. The van der Waals surface area contributed by atoms with Gasteiger partial charge in [-0.1, -0.05) is 17.7 Å². The monoisotopic (exact) mass is 242 g/mol. The standard InChI is InChI=1S/C15H18N2O/c1-10-5-6-11(2)12(9-10)13-7-8-16-14(17-13)15(3,4)18/h5-9,18H,1-4H3. The Labute approximate surface area is 108 Å². The van der Waals surface area contributed by atoms with Crippen LogP contribution >= 0.6 is 0 Å². The molecule has 2 aromatic rings. The summed E-state index contributed by atoms with van der Waals surface area (Å²) in [6.45, 7) is 7.49. The lowest BCUT2D eigenvalue weighted by molar-refractivity contribution is 0.0688. The lowest BCUT2D eigenvalue weighted by atomic mass is 10.0. The van der Waals surface area contributed by atoms with Crippen LogP contribution < -0.4 is 0 Å². The van der Waals surface area contributed by atoms with Crippen LogP contribution in [0.3, 0.4) is 0 Å². The minimum Gasteiger partial charge on any atom is -0.382 e. The van der Waals surface area contributed by atoms with Crippen LogP contribution in [0.2, 0.25) is 0 Å². The summed E-state index contributed by atoms with van der Waals surface area (Å²) < 4.78 is 0. The summed E-state index contributed by atoms with van der Waals surface area (Å²) in [6.07, 6.45) is 1.69. The first-order valence-corrected chi connectivity index (χ1v) is 6.01. The molecule has 0 saturated heterocycles. The van der Waals surface area contributed by atoms with Crippen molar-refractivity contribution in [3.63, 3.8) is 0 Å². The molecule has 0 aliphatic rings. The first-order chi connectivity index (χ1) is 8.38. The maximum absolute atomic E-state index is 9.96. The van der Waals surface area contributed by atoms with Crippen molar-refractivity contribution in [1.82, 2.24) is 9.97 Å². The quantitative estimate of drug-likeness (QED) is 0.880. The molecule has 1 aromatic heterocycles. The molecule has 0 unspecified atom stereocenters. The zero-order valence-corrected chi connectivity index (χ0v) is 11.2. The van der Waals surface area contributed by atoms with Crippen molar-refractivity contribution in [2.45, 2.75) is 33.3 Å². The lowest BCUT2D eigenvalue weighted by Gasteiger charge is -2.16. The van der Waals surface area contributed by atoms with Crippen molar-refractivity contribution in [2.24, 2.45) is 0 Å². The van der Waals surface area contributed by atoms with Gasteiger partial charge in [-0.3, -0.25) is 0 Å². The van der Waals surface area contributed by atoms with Gasteiger partial charge in [0, 0.05) is 11.8 Å². The maximum atomic E-state index is 9.96. The fraction of sp³-hybridized carbons (Fsp3) is 0.333. The summed E-state index contributed by atoms with van der Waals surface area (Å²) in [7, 11) is 0. The second-order valence-electron chi connectivity index (χ2n) is 5.14. The Kier molecular flexibility index (Phi) is 3.18. The second kappa shape index (κ2) is 4.50. The Hall–Kier alpha value is -1.74. The minimum atomic E-state index is -1.02. The zero-order valence-electron chi connectivity index (χ0n) is 11.2. The van der Waals surface area contributed by atoms with Crippen molar-refractivity contribution in [3.05, 3.63) is 47.4 Å². The summed E-state index contributed by atoms with van der Waals surface area (Å²) in [4.78, 5) is 8.58. The number of hydrogen-bond donors (Lipinski definition) is 1. The van der Waals surface area contributed by atoms with E-state index in [1.165, 1.54) is 11.1 Å². The molecule has 0 spiro atoms. The van der Waals surface area contributed by atoms with Crippen molar-refractivity contribution in [3.8, 4) is 11.3 Å². The molecule has 0 atom stereocenters. The Morgan fingerprint density at radius 2 is 1.83 bits per heavy atom. The van der Waals surface area contributed by atoms with E-state index in [4.69, 9.17) is 0 Å². The van der Waals surface area contributed by atoms with Crippen LogP contribution in [0.1, 0.15) is 30.8 Å². The second-order valence-corrected chi connectivity index (χ2v) is 5.14. The number of benzene rings is 1. The van der Waals surface area contributed by atoms with Gasteiger partial charge in [-0.15, -0.1) is 0 Å². The van der Waals surface area contributed by atoms with Crippen LogP contribution in [-0.2, 0) is 5.60 Å². The Bertz CT molecular complexity index is 571. The molecule has 18 heavy (non-hydrogen) atoms. The summed E-state index contributed by atoms with van der Waals surface area (Å²) in [6, 6.07) is 8.14. The number of aliphatic hydroxyl groups is 1. The molecule has 0 radical (unpaired) electrons. The van der Waals surface area contributed by atoms with Gasteiger partial charge in [-0.25, -0.2) is 9.97 Å². The molecule has 0 bridgehead atoms. The zero-order chi connectivity index (χ0) is 13.3. The van der Waals surface area contributed by atoms with E-state index in [9.17, 15) is 5.11 Å². The molecule has 3 heteroatoms. The third-order valence-corrected chi connectivity index (χ3v) is 2.87. The van der Waals surface area contributed by atoms with E-state index in [0.29, 0.717) is 5.82 Å². The normalized spacial score (nSPS) is 11.6. The van der Waals surface area contributed by atoms with Crippen molar-refractivity contribution in [2.75, 3.05) is 0 Å². The third kappa shape index (κ3) is 2.57. The third-order valence-electron chi connectivity index (χ3n) is 2.87. The Morgan fingerprint density at radius 3 is 2.50 bits per heavy atom. The number of hydrogen-bond acceptors (Lipinski definition) is 3. The largest absolute Gasteiger partial charge is 0.382 e. The first kappa shape index (κ1) is 12.7. The average Bonchev–Trinajstić information content (AvgIpc) is 2.31. The number of aromatic nitrogens is 2. The van der Waals surface area contributed by atoms with E-state index in [1.54, 1.807) is 20.0 Å². The minimum absolute atomic E-state index is 0.445. The molecule has 94 valence electrons. The predicted molar refractivity (Wildman–Crippen MR) is 72.2 cm³/mol. The summed E-state index contributed by atoms with van der Waals surface area (Å²) >= 11 is 0. The van der Waals surface area contributed by atoms with E-state index in [-0.39, 0.29) is 0 Å². The summed E-state index contributed by atoms with van der Waals surface area (Å²) in [5.41, 5.74) is 3.28. The average molecular weight is 242 g/mol. The molecular weight excluding hydrogens is 224 g/mol. The number of nitrogens with zero attached hydrogens (tertiary/aromatic N) is 2. The van der Waals surface area contributed by atoms with Crippen molar-refractivity contribution < 1.29 is 5.11 Å². The predicted octanol–water partition coefficient (Wildman–Crippen LogP) is 2.99. The van der Waals surface area contributed by atoms with Crippen LogP contribution in [0.25, 0.3) is 11.3 Å². The molecule has 1 aromatic carbocycles. The van der Waals surface area contributed by atoms with Gasteiger partial charge >= 0.3 is 0 Å².